The monoisotopic (exact) mass is 318 g/mol. The lowest BCUT2D eigenvalue weighted by atomic mass is 10.2. The van der Waals surface area contributed by atoms with Crippen molar-refractivity contribution in [3.05, 3.63) is 46.4 Å². The smallest absolute Gasteiger partial charge is 0.414 e. The van der Waals surface area contributed by atoms with E-state index in [1.807, 2.05) is 63.4 Å². The lowest BCUT2D eigenvalue weighted by Gasteiger charge is -2.27. The Bertz CT molecular complexity index is 617. The molecule has 0 radical (unpaired) electrons. The SMILES string of the molecule is Cc1nc(CCN(C(=O)OC(C)(C)C)c2ccccc2)cs1. The van der Waals surface area contributed by atoms with Crippen molar-refractivity contribution in [2.24, 2.45) is 0 Å². The van der Waals surface area contributed by atoms with E-state index in [1.165, 1.54) is 0 Å². The predicted octanol–water partition coefficient (Wildman–Crippen LogP) is 4.44. The van der Waals surface area contributed by atoms with Crippen LogP contribution in [0.5, 0.6) is 0 Å². The molecule has 22 heavy (non-hydrogen) atoms. The third-order valence-corrected chi connectivity index (χ3v) is 3.76. The topological polar surface area (TPSA) is 42.4 Å². The molecule has 0 saturated heterocycles. The molecule has 1 heterocycles. The van der Waals surface area contributed by atoms with Crippen LogP contribution in [0.2, 0.25) is 0 Å². The first kappa shape index (κ1) is 16.5. The van der Waals surface area contributed by atoms with Crippen LogP contribution >= 0.6 is 11.3 Å². The van der Waals surface area contributed by atoms with Gasteiger partial charge in [-0.3, -0.25) is 4.90 Å². The Hall–Kier alpha value is -1.88. The number of carbonyl (C=O) groups is 1. The molecule has 2 rings (SSSR count). The van der Waals surface area contributed by atoms with Crippen LogP contribution in [0.4, 0.5) is 10.5 Å². The first-order valence-corrected chi connectivity index (χ1v) is 8.20. The standard InChI is InChI=1S/C17H22N2O2S/c1-13-18-14(12-22-13)10-11-19(15-8-6-5-7-9-15)16(20)21-17(2,3)4/h5-9,12H,10-11H2,1-4H3. The van der Waals surface area contributed by atoms with Gasteiger partial charge < -0.3 is 4.74 Å². The van der Waals surface area contributed by atoms with Crippen molar-refractivity contribution in [2.45, 2.75) is 39.7 Å². The molecule has 2 aromatic rings. The molecule has 0 aliphatic heterocycles. The van der Waals surface area contributed by atoms with Gasteiger partial charge in [-0.25, -0.2) is 9.78 Å². The number of anilines is 1. The minimum Gasteiger partial charge on any atom is -0.443 e. The van der Waals surface area contributed by atoms with Gasteiger partial charge in [0, 0.05) is 24.0 Å². The van der Waals surface area contributed by atoms with Gasteiger partial charge in [0.05, 0.1) is 10.7 Å². The van der Waals surface area contributed by atoms with Crippen LogP contribution in [0.25, 0.3) is 0 Å². The summed E-state index contributed by atoms with van der Waals surface area (Å²) in [5, 5.41) is 3.08. The summed E-state index contributed by atoms with van der Waals surface area (Å²) in [7, 11) is 0. The molecular weight excluding hydrogens is 296 g/mol. The molecule has 0 aliphatic carbocycles. The molecular formula is C17H22N2O2S. The summed E-state index contributed by atoms with van der Waals surface area (Å²) in [5.74, 6) is 0. The van der Waals surface area contributed by atoms with E-state index in [0.717, 1.165) is 16.4 Å². The third kappa shape index (κ3) is 4.84. The van der Waals surface area contributed by atoms with E-state index < -0.39 is 5.60 Å². The fourth-order valence-corrected chi connectivity index (χ4v) is 2.65. The summed E-state index contributed by atoms with van der Waals surface area (Å²) in [6.07, 6.45) is 0.379. The van der Waals surface area contributed by atoms with E-state index in [0.29, 0.717) is 13.0 Å². The van der Waals surface area contributed by atoms with Gasteiger partial charge in [-0.2, -0.15) is 0 Å². The highest BCUT2D eigenvalue weighted by atomic mass is 32.1. The van der Waals surface area contributed by atoms with Crippen molar-refractivity contribution in [3.63, 3.8) is 0 Å². The Morgan fingerprint density at radius 2 is 1.95 bits per heavy atom. The molecule has 0 unspecified atom stereocenters. The van der Waals surface area contributed by atoms with Crippen LogP contribution in [0.15, 0.2) is 35.7 Å². The van der Waals surface area contributed by atoms with Crippen molar-refractivity contribution < 1.29 is 9.53 Å². The number of rotatable bonds is 4. The molecule has 5 heteroatoms. The molecule has 1 amide bonds. The summed E-state index contributed by atoms with van der Waals surface area (Å²) < 4.78 is 5.52. The van der Waals surface area contributed by atoms with Crippen LogP contribution in [-0.4, -0.2) is 23.2 Å². The van der Waals surface area contributed by atoms with Gasteiger partial charge in [0.25, 0.3) is 0 Å². The number of benzene rings is 1. The number of hydrogen-bond acceptors (Lipinski definition) is 4. The first-order valence-electron chi connectivity index (χ1n) is 7.32. The molecule has 0 spiro atoms. The zero-order chi connectivity index (χ0) is 16.2. The molecule has 1 aromatic heterocycles. The van der Waals surface area contributed by atoms with E-state index in [2.05, 4.69) is 4.98 Å². The summed E-state index contributed by atoms with van der Waals surface area (Å²) >= 11 is 1.62. The number of thiazole rings is 1. The molecule has 0 aliphatic rings. The van der Waals surface area contributed by atoms with Crippen molar-refractivity contribution >= 4 is 23.1 Å². The molecule has 1 aromatic carbocycles. The minimum atomic E-state index is -0.513. The van der Waals surface area contributed by atoms with Crippen LogP contribution in [0.3, 0.4) is 0 Å². The lowest BCUT2D eigenvalue weighted by molar-refractivity contribution is 0.0581. The Kier molecular flexibility index (Phi) is 5.19. The number of nitrogens with zero attached hydrogens (tertiary/aromatic N) is 2. The summed E-state index contributed by atoms with van der Waals surface area (Å²) in [6.45, 7) is 8.15. The third-order valence-electron chi connectivity index (χ3n) is 2.94. The largest absolute Gasteiger partial charge is 0.443 e. The maximum absolute atomic E-state index is 12.5. The predicted molar refractivity (Wildman–Crippen MR) is 90.6 cm³/mol. The molecule has 0 N–H and O–H groups in total. The van der Waals surface area contributed by atoms with Crippen LogP contribution in [-0.2, 0) is 11.2 Å². The van der Waals surface area contributed by atoms with E-state index in [9.17, 15) is 4.79 Å². The van der Waals surface area contributed by atoms with Crippen LogP contribution in [0.1, 0.15) is 31.5 Å². The summed E-state index contributed by atoms with van der Waals surface area (Å²) in [5.41, 5.74) is 1.33. The van der Waals surface area contributed by atoms with E-state index in [1.54, 1.807) is 16.2 Å². The number of para-hydroxylation sites is 1. The summed E-state index contributed by atoms with van der Waals surface area (Å²) in [4.78, 5) is 18.6. The Labute approximate surface area is 135 Å². The molecule has 0 fully saturated rings. The van der Waals surface area contributed by atoms with Gasteiger partial charge in [-0.15, -0.1) is 11.3 Å². The zero-order valence-electron chi connectivity index (χ0n) is 13.5. The highest BCUT2D eigenvalue weighted by Gasteiger charge is 2.23. The molecule has 0 bridgehead atoms. The van der Waals surface area contributed by atoms with Crippen molar-refractivity contribution in [1.82, 2.24) is 4.98 Å². The van der Waals surface area contributed by atoms with E-state index in [-0.39, 0.29) is 6.09 Å². The van der Waals surface area contributed by atoms with E-state index in [4.69, 9.17) is 4.74 Å². The second-order valence-corrected chi connectivity index (χ2v) is 7.14. The van der Waals surface area contributed by atoms with Crippen molar-refractivity contribution in [2.75, 3.05) is 11.4 Å². The normalized spacial score (nSPS) is 11.3. The number of carbonyl (C=O) groups excluding carboxylic acids is 1. The first-order chi connectivity index (χ1) is 10.3. The lowest BCUT2D eigenvalue weighted by Crippen LogP contribution is -2.38. The van der Waals surface area contributed by atoms with Crippen molar-refractivity contribution in [3.8, 4) is 0 Å². The maximum Gasteiger partial charge on any atom is 0.414 e. The highest BCUT2D eigenvalue weighted by Crippen LogP contribution is 2.19. The average Bonchev–Trinajstić information content (AvgIpc) is 2.84. The highest BCUT2D eigenvalue weighted by molar-refractivity contribution is 7.09. The Morgan fingerprint density at radius 3 is 2.50 bits per heavy atom. The number of amides is 1. The maximum atomic E-state index is 12.5. The number of aryl methyl sites for hydroxylation is 1. The fourth-order valence-electron chi connectivity index (χ4n) is 2.00. The average molecular weight is 318 g/mol. The number of ether oxygens (including phenoxy) is 1. The molecule has 0 saturated carbocycles. The van der Waals surface area contributed by atoms with Gasteiger partial charge in [0.2, 0.25) is 0 Å². The van der Waals surface area contributed by atoms with Gasteiger partial charge in [0.15, 0.2) is 0 Å². The second kappa shape index (κ2) is 6.92. The Balaban J connectivity index is 2.13. The number of aromatic nitrogens is 1. The fraction of sp³-hybridized carbons (Fsp3) is 0.412. The van der Waals surface area contributed by atoms with Crippen molar-refractivity contribution in [1.29, 1.82) is 0 Å². The Morgan fingerprint density at radius 1 is 1.27 bits per heavy atom. The molecule has 0 atom stereocenters. The van der Waals surface area contributed by atoms with Crippen LogP contribution in [0, 0.1) is 6.92 Å². The molecule has 4 nitrogen and oxygen atoms in total. The van der Waals surface area contributed by atoms with Gasteiger partial charge >= 0.3 is 6.09 Å². The second-order valence-electron chi connectivity index (χ2n) is 6.08. The zero-order valence-corrected chi connectivity index (χ0v) is 14.3. The summed E-state index contributed by atoms with van der Waals surface area (Å²) in [6, 6.07) is 9.59. The van der Waals surface area contributed by atoms with E-state index >= 15 is 0 Å². The van der Waals surface area contributed by atoms with Crippen LogP contribution < -0.4 is 4.90 Å². The number of hydrogen-bond donors (Lipinski definition) is 0. The minimum absolute atomic E-state index is 0.328. The quantitative estimate of drug-likeness (QED) is 0.837. The van der Waals surface area contributed by atoms with Gasteiger partial charge in [-0.1, -0.05) is 18.2 Å². The van der Waals surface area contributed by atoms with Gasteiger partial charge in [0.1, 0.15) is 5.60 Å². The molecule has 118 valence electrons. The van der Waals surface area contributed by atoms with Gasteiger partial charge in [-0.05, 0) is 39.8 Å².